The second-order valence-electron chi connectivity index (χ2n) is 15.9. The summed E-state index contributed by atoms with van der Waals surface area (Å²) in [5.74, 6) is -1.68. The minimum Gasteiger partial charge on any atom is -0.374 e. The summed E-state index contributed by atoms with van der Waals surface area (Å²) in [5, 5.41) is 0. The summed E-state index contributed by atoms with van der Waals surface area (Å²) < 4.78 is 72.8. The minimum absolute atomic E-state index is 0.196. The number of hydrogen-bond donors (Lipinski definition) is 0. The van der Waals surface area contributed by atoms with Gasteiger partial charge in [-0.3, -0.25) is 0 Å². The monoisotopic (exact) mass is 782 g/mol. The smallest absolute Gasteiger partial charge is 0.190 e. The summed E-state index contributed by atoms with van der Waals surface area (Å²) in [6.45, 7) is 9.30. The van der Waals surface area contributed by atoms with E-state index in [0.29, 0.717) is 26.4 Å². The van der Waals surface area contributed by atoms with Crippen molar-refractivity contribution in [3.05, 3.63) is 144 Å². The maximum Gasteiger partial charge on any atom is 0.190 e. The van der Waals surface area contributed by atoms with Crippen molar-refractivity contribution in [2.24, 2.45) is 0 Å². The lowest BCUT2D eigenvalue weighted by Gasteiger charge is -2.47. The van der Waals surface area contributed by atoms with E-state index in [2.05, 4.69) is 0 Å². The van der Waals surface area contributed by atoms with Crippen molar-refractivity contribution in [2.45, 2.75) is 127 Å². The summed E-state index contributed by atoms with van der Waals surface area (Å²) in [4.78, 5) is 0. The van der Waals surface area contributed by atoms with Gasteiger partial charge in [-0.25, -0.2) is 0 Å². The van der Waals surface area contributed by atoms with E-state index in [0.717, 1.165) is 22.3 Å². The van der Waals surface area contributed by atoms with Gasteiger partial charge in [0.15, 0.2) is 24.2 Å². The summed E-state index contributed by atoms with van der Waals surface area (Å²) in [6.07, 6.45) is -6.67. The van der Waals surface area contributed by atoms with Crippen LogP contribution in [0.2, 0.25) is 0 Å². The fraction of sp³-hybridized carbons (Fsp3) is 0.478. The zero-order valence-electron chi connectivity index (χ0n) is 33.1. The van der Waals surface area contributed by atoms with Crippen LogP contribution in [0.4, 0.5) is 0 Å². The largest absolute Gasteiger partial charge is 0.374 e. The molecule has 4 saturated heterocycles. The van der Waals surface area contributed by atoms with Crippen molar-refractivity contribution in [2.75, 3.05) is 13.2 Å². The van der Waals surface area contributed by atoms with E-state index in [1.54, 1.807) is 0 Å². The molecule has 0 amide bonds. The number of ether oxygens (including phenoxy) is 11. The third kappa shape index (κ3) is 10.2. The summed E-state index contributed by atoms with van der Waals surface area (Å²) in [7, 11) is 0. The molecule has 0 radical (unpaired) electrons. The number of rotatable bonds is 16. The molecule has 4 heterocycles. The summed E-state index contributed by atoms with van der Waals surface area (Å²) in [6, 6.07) is 40.2. The molecule has 0 saturated carbocycles. The second kappa shape index (κ2) is 18.1. The predicted molar refractivity (Wildman–Crippen MR) is 208 cm³/mol. The van der Waals surface area contributed by atoms with Gasteiger partial charge in [0.05, 0.1) is 39.6 Å². The van der Waals surface area contributed by atoms with E-state index in [-0.39, 0.29) is 13.2 Å². The molecule has 4 aliphatic rings. The van der Waals surface area contributed by atoms with Crippen LogP contribution in [0.15, 0.2) is 121 Å². The van der Waals surface area contributed by atoms with Crippen molar-refractivity contribution < 1.29 is 52.1 Å². The third-order valence-corrected chi connectivity index (χ3v) is 10.6. The molecule has 0 bridgehead atoms. The molecule has 4 fully saturated rings. The average Bonchev–Trinajstić information content (AvgIpc) is 3.85. The van der Waals surface area contributed by atoms with Gasteiger partial charge >= 0.3 is 0 Å². The van der Waals surface area contributed by atoms with Crippen LogP contribution in [0.1, 0.15) is 49.9 Å². The number of benzene rings is 4. The van der Waals surface area contributed by atoms with Crippen LogP contribution < -0.4 is 0 Å². The van der Waals surface area contributed by atoms with Crippen LogP contribution in [0, 0.1) is 0 Å². The van der Waals surface area contributed by atoms with Gasteiger partial charge in [0.25, 0.3) is 0 Å². The van der Waals surface area contributed by atoms with Gasteiger partial charge in [0, 0.05) is 0 Å². The Bertz CT molecular complexity index is 1810. The van der Waals surface area contributed by atoms with Crippen molar-refractivity contribution in [3.8, 4) is 0 Å². The first-order valence-corrected chi connectivity index (χ1v) is 19.9. The van der Waals surface area contributed by atoms with E-state index in [9.17, 15) is 0 Å². The Hall–Kier alpha value is -3.56. The lowest BCUT2D eigenvalue weighted by atomic mass is 9.97. The normalized spacial score (nSPS) is 31.6. The molecule has 0 unspecified atom stereocenters. The quantitative estimate of drug-likeness (QED) is 0.116. The number of fused-ring (bicyclic) bond motifs is 1. The summed E-state index contributed by atoms with van der Waals surface area (Å²) >= 11 is 0. The molecule has 8 rings (SSSR count). The highest BCUT2D eigenvalue weighted by atomic mass is 16.9. The molecule has 11 nitrogen and oxygen atoms in total. The number of hydrogen-bond acceptors (Lipinski definition) is 11. The van der Waals surface area contributed by atoms with Crippen LogP contribution in [0.3, 0.4) is 0 Å². The Balaban J connectivity index is 1.14. The van der Waals surface area contributed by atoms with E-state index < -0.39 is 73.0 Å². The van der Waals surface area contributed by atoms with Crippen molar-refractivity contribution in [1.82, 2.24) is 0 Å². The highest BCUT2D eigenvalue weighted by Crippen LogP contribution is 2.44. The molecular weight excluding hydrogens is 728 g/mol. The molecule has 11 heteroatoms. The molecule has 4 aliphatic heterocycles. The van der Waals surface area contributed by atoms with Gasteiger partial charge in [-0.05, 0) is 49.9 Å². The Morgan fingerprint density at radius 3 is 1.54 bits per heavy atom. The first-order chi connectivity index (χ1) is 27.7. The zero-order valence-corrected chi connectivity index (χ0v) is 33.1. The fourth-order valence-corrected chi connectivity index (χ4v) is 7.85. The highest BCUT2D eigenvalue weighted by molar-refractivity contribution is 5.16. The first-order valence-electron chi connectivity index (χ1n) is 19.9. The average molecular weight is 783 g/mol. The van der Waals surface area contributed by atoms with Crippen LogP contribution in [0.25, 0.3) is 0 Å². The lowest BCUT2D eigenvalue weighted by molar-refractivity contribution is -0.345. The molecule has 304 valence electrons. The molecule has 0 N–H and O–H groups in total. The lowest BCUT2D eigenvalue weighted by Crippen LogP contribution is -2.63. The van der Waals surface area contributed by atoms with Crippen molar-refractivity contribution in [3.63, 3.8) is 0 Å². The SMILES string of the molecule is CC1(C)O[C@H]2O[C@H]([C@H]3COC(C)(C)O3)[C@H](O[C@H]3O[C@H](COCc4ccccc4)[C@@H](OCc4ccccc4)[C@H](OCc4ccccc4)[C@@H]3OCc3ccccc3)[C@H]2O1. The van der Waals surface area contributed by atoms with Gasteiger partial charge < -0.3 is 52.1 Å². The zero-order chi connectivity index (χ0) is 39.2. The third-order valence-electron chi connectivity index (χ3n) is 10.6. The molecule has 4 aromatic carbocycles. The molecule has 0 aliphatic carbocycles. The topological polar surface area (TPSA) is 102 Å². The van der Waals surface area contributed by atoms with Crippen LogP contribution in [0.5, 0.6) is 0 Å². The molecule has 0 aromatic heterocycles. The fourth-order valence-electron chi connectivity index (χ4n) is 7.85. The van der Waals surface area contributed by atoms with Crippen molar-refractivity contribution in [1.29, 1.82) is 0 Å². The van der Waals surface area contributed by atoms with E-state index >= 15 is 0 Å². The minimum atomic E-state index is -0.978. The van der Waals surface area contributed by atoms with Gasteiger partial charge in [0.2, 0.25) is 0 Å². The maximum atomic E-state index is 7.14. The van der Waals surface area contributed by atoms with E-state index in [1.165, 1.54) is 0 Å². The van der Waals surface area contributed by atoms with Crippen LogP contribution in [-0.4, -0.2) is 86.2 Å². The summed E-state index contributed by atoms with van der Waals surface area (Å²) in [5.41, 5.74) is 4.06. The van der Waals surface area contributed by atoms with Crippen molar-refractivity contribution >= 4 is 0 Å². The van der Waals surface area contributed by atoms with Gasteiger partial charge in [-0.2, -0.15) is 0 Å². The highest BCUT2D eigenvalue weighted by Gasteiger charge is 2.61. The van der Waals surface area contributed by atoms with Gasteiger partial charge in [-0.15, -0.1) is 0 Å². The Kier molecular flexibility index (Phi) is 12.8. The Labute approximate surface area is 335 Å². The molecule has 4 aromatic rings. The molecular formula is C46H54O11. The maximum absolute atomic E-state index is 7.14. The van der Waals surface area contributed by atoms with E-state index in [1.807, 2.05) is 149 Å². The first kappa shape index (κ1) is 40.2. The second-order valence-corrected chi connectivity index (χ2v) is 15.9. The predicted octanol–water partition coefficient (Wildman–Crippen LogP) is 7.10. The van der Waals surface area contributed by atoms with Crippen LogP contribution in [-0.2, 0) is 78.5 Å². The van der Waals surface area contributed by atoms with E-state index in [4.69, 9.17) is 52.1 Å². The van der Waals surface area contributed by atoms with Gasteiger partial charge in [-0.1, -0.05) is 121 Å². The molecule has 10 atom stereocenters. The van der Waals surface area contributed by atoms with Gasteiger partial charge in [0.1, 0.15) is 48.8 Å². The molecule has 57 heavy (non-hydrogen) atoms. The Morgan fingerprint density at radius 1 is 0.509 bits per heavy atom. The molecule has 0 spiro atoms. The Morgan fingerprint density at radius 2 is 1.02 bits per heavy atom. The standard InChI is InChI=1S/C46H54O11/c1-45(2)51-30-36(55-45)38-40(42-44(53-38)57-46(3,4)56-42)54-43-41(50-28-34-23-15-8-16-24-34)39(49-27-33-21-13-7-14-22-33)37(48-26-32-19-11-6-12-20-32)35(52-43)29-47-25-31-17-9-5-10-18-31/h5-24,35-44H,25-30H2,1-4H3/t35-,36-,37-,38-,39+,40+,41+,42-,43-,44-/m1/s1. The van der Waals surface area contributed by atoms with Crippen LogP contribution >= 0.6 is 0 Å².